The maximum absolute atomic E-state index is 12.7. The van der Waals surface area contributed by atoms with Crippen LogP contribution in [0.15, 0.2) is 35.8 Å². The van der Waals surface area contributed by atoms with Gasteiger partial charge in [-0.2, -0.15) is 13.2 Å². The second-order valence-electron chi connectivity index (χ2n) is 7.87. The van der Waals surface area contributed by atoms with Gasteiger partial charge in [0.25, 0.3) is 5.19 Å². The summed E-state index contributed by atoms with van der Waals surface area (Å²) >= 11 is 1.51. The minimum Gasteiger partial charge on any atom is -0.467 e. The van der Waals surface area contributed by atoms with Gasteiger partial charge >= 0.3 is 12.2 Å². The van der Waals surface area contributed by atoms with Crippen LogP contribution in [0.4, 0.5) is 23.7 Å². The number of amides is 2. The Labute approximate surface area is 183 Å². The average Bonchev–Trinajstić information content (AvgIpc) is 3.27. The van der Waals surface area contributed by atoms with E-state index in [2.05, 4.69) is 15.2 Å². The first-order chi connectivity index (χ1) is 14.9. The lowest BCUT2D eigenvalue weighted by Crippen LogP contribution is -2.50. The number of carbonyl (C=O) groups excluding carboxylic acids is 1. The van der Waals surface area contributed by atoms with Crippen LogP contribution >= 0.6 is 11.3 Å². The molecule has 1 N–H and O–H groups in total. The molecule has 3 heterocycles. The number of urea groups is 1. The number of benzene rings is 1. The number of ether oxygens (including phenoxy) is 1. The number of alkyl halides is 3. The highest BCUT2D eigenvalue weighted by atomic mass is 32.1. The van der Waals surface area contributed by atoms with Gasteiger partial charge in [0.05, 0.1) is 5.56 Å². The molecule has 0 unspecified atom stereocenters. The van der Waals surface area contributed by atoms with E-state index in [0.717, 1.165) is 56.1 Å². The van der Waals surface area contributed by atoms with Crippen LogP contribution in [-0.4, -0.2) is 59.1 Å². The zero-order valence-electron chi connectivity index (χ0n) is 17.0. The monoisotopic (exact) mass is 454 g/mol. The van der Waals surface area contributed by atoms with Crippen molar-refractivity contribution in [2.45, 2.75) is 44.0 Å². The fraction of sp³-hybridized carbons (Fsp3) is 0.524. The second-order valence-corrected chi connectivity index (χ2v) is 8.73. The zero-order valence-corrected chi connectivity index (χ0v) is 17.8. The topological polar surface area (TPSA) is 57.7 Å². The lowest BCUT2D eigenvalue weighted by molar-refractivity contribution is -0.137. The molecule has 0 saturated carbocycles. The average molecular weight is 455 g/mol. The number of anilines is 1. The Morgan fingerprint density at radius 1 is 1.06 bits per heavy atom. The molecule has 0 spiro atoms. The fourth-order valence-corrected chi connectivity index (χ4v) is 4.70. The van der Waals surface area contributed by atoms with Crippen molar-refractivity contribution in [3.05, 3.63) is 41.4 Å². The summed E-state index contributed by atoms with van der Waals surface area (Å²) in [5.41, 5.74) is -0.366. The fourth-order valence-electron chi connectivity index (χ4n) is 4.15. The van der Waals surface area contributed by atoms with E-state index < -0.39 is 11.7 Å². The molecule has 0 aliphatic carbocycles. The molecule has 2 fully saturated rings. The molecule has 0 atom stereocenters. The Morgan fingerprint density at radius 3 is 2.32 bits per heavy atom. The number of carbonyl (C=O) groups is 1. The lowest BCUT2D eigenvalue weighted by atomic mass is 9.99. The Hall–Kier alpha value is -2.33. The van der Waals surface area contributed by atoms with E-state index in [0.29, 0.717) is 24.8 Å². The van der Waals surface area contributed by atoms with Crippen LogP contribution < -0.4 is 10.1 Å². The van der Waals surface area contributed by atoms with Gasteiger partial charge in [0.15, 0.2) is 0 Å². The first-order valence-corrected chi connectivity index (χ1v) is 11.3. The lowest BCUT2D eigenvalue weighted by Gasteiger charge is -2.41. The highest BCUT2D eigenvalue weighted by Crippen LogP contribution is 2.30. The quantitative estimate of drug-likeness (QED) is 0.728. The summed E-state index contributed by atoms with van der Waals surface area (Å²) in [6.07, 6.45) is 1.28. The molecule has 1 aromatic carbocycles. The molecule has 10 heteroatoms. The van der Waals surface area contributed by atoms with Crippen molar-refractivity contribution in [1.82, 2.24) is 14.8 Å². The minimum atomic E-state index is -4.38. The second kappa shape index (κ2) is 9.44. The van der Waals surface area contributed by atoms with E-state index in [-0.39, 0.29) is 12.1 Å². The van der Waals surface area contributed by atoms with Gasteiger partial charge in [0.1, 0.15) is 6.10 Å². The predicted octanol–water partition coefficient (Wildman–Crippen LogP) is 4.70. The molecule has 4 rings (SSSR count). The molecule has 31 heavy (non-hydrogen) atoms. The standard InChI is InChI=1S/C21H25F3N4O2S/c22-21(23,24)15-1-3-16(4-2-15)26-19(29)28-10-5-17(6-11-28)27-12-7-18(8-13-27)30-20-25-9-14-31-20/h1-4,9,14,17-18H,5-8,10-13H2,(H,26,29). The van der Waals surface area contributed by atoms with Crippen molar-refractivity contribution in [3.8, 4) is 5.19 Å². The van der Waals surface area contributed by atoms with Gasteiger partial charge in [0.2, 0.25) is 0 Å². The van der Waals surface area contributed by atoms with Crippen LogP contribution in [0.1, 0.15) is 31.2 Å². The van der Waals surface area contributed by atoms with E-state index in [1.54, 1.807) is 11.1 Å². The predicted molar refractivity (Wildman–Crippen MR) is 112 cm³/mol. The first kappa shape index (κ1) is 21.9. The molecule has 0 bridgehead atoms. The summed E-state index contributed by atoms with van der Waals surface area (Å²) in [6.45, 7) is 3.20. The highest BCUT2D eigenvalue weighted by Gasteiger charge is 2.31. The number of hydrogen-bond donors (Lipinski definition) is 1. The maximum atomic E-state index is 12.7. The van der Waals surface area contributed by atoms with Crippen molar-refractivity contribution in [2.75, 3.05) is 31.5 Å². The van der Waals surface area contributed by atoms with Gasteiger partial charge in [-0.25, -0.2) is 9.78 Å². The number of nitrogens with one attached hydrogen (secondary N) is 1. The molecule has 1 aromatic heterocycles. The Kier molecular flexibility index (Phi) is 6.66. The number of rotatable bonds is 4. The zero-order chi connectivity index (χ0) is 21.8. The summed E-state index contributed by atoms with van der Waals surface area (Å²) in [4.78, 5) is 20.9. The van der Waals surface area contributed by atoms with Crippen LogP contribution in [0.5, 0.6) is 5.19 Å². The first-order valence-electron chi connectivity index (χ1n) is 10.4. The Balaban J connectivity index is 1.20. The Morgan fingerprint density at radius 2 is 1.74 bits per heavy atom. The van der Waals surface area contributed by atoms with E-state index in [4.69, 9.17) is 4.74 Å². The molecule has 2 aliphatic heterocycles. The molecular formula is C21H25F3N4O2S. The third-order valence-electron chi connectivity index (χ3n) is 5.89. The molecular weight excluding hydrogens is 429 g/mol. The van der Waals surface area contributed by atoms with Crippen molar-refractivity contribution in [2.24, 2.45) is 0 Å². The normalized spacial score (nSPS) is 19.4. The van der Waals surface area contributed by atoms with Gasteiger partial charge < -0.3 is 15.0 Å². The van der Waals surface area contributed by atoms with Crippen LogP contribution in [0, 0.1) is 0 Å². The maximum Gasteiger partial charge on any atom is 0.416 e. The number of likely N-dealkylation sites (tertiary alicyclic amines) is 2. The summed E-state index contributed by atoms with van der Waals surface area (Å²) in [5.74, 6) is 0. The smallest absolute Gasteiger partial charge is 0.416 e. The number of piperidine rings is 2. The number of hydrogen-bond acceptors (Lipinski definition) is 5. The summed E-state index contributed by atoms with van der Waals surface area (Å²) in [5, 5.41) is 5.33. The van der Waals surface area contributed by atoms with E-state index in [9.17, 15) is 18.0 Å². The molecule has 168 valence electrons. The SMILES string of the molecule is O=C(Nc1ccc(C(F)(F)F)cc1)N1CCC(N2CCC(Oc3nccs3)CC2)CC1. The number of aromatic nitrogens is 1. The molecule has 2 amide bonds. The molecule has 6 nitrogen and oxygen atoms in total. The van der Waals surface area contributed by atoms with Crippen molar-refractivity contribution in [3.63, 3.8) is 0 Å². The summed E-state index contributed by atoms with van der Waals surface area (Å²) in [7, 11) is 0. The number of thiazole rings is 1. The molecule has 0 radical (unpaired) electrons. The summed E-state index contributed by atoms with van der Waals surface area (Å²) < 4.78 is 43.9. The van der Waals surface area contributed by atoms with Gasteiger partial charge in [-0.1, -0.05) is 11.3 Å². The van der Waals surface area contributed by atoms with Crippen LogP contribution in [0.25, 0.3) is 0 Å². The third kappa shape index (κ3) is 5.68. The van der Waals surface area contributed by atoms with Crippen LogP contribution in [-0.2, 0) is 6.18 Å². The third-order valence-corrected chi connectivity index (χ3v) is 6.55. The van der Waals surface area contributed by atoms with Gasteiger partial charge in [0, 0.05) is 49.5 Å². The molecule has 2 aliphatic rings. The van der Waals surface area contributed by atoms with Crippen LogP contribution in [0.2, 0.25) is 0 Å². The van der Waals surface area contributed by atoms with Gasteiger partial charge in [-0.15, -0.1) is 0 Å². The largest absolute Gasteiger partial charge is 0.467 e. The van der Waals surface area contributed by atoms with Gasteiger partial charge in [-0.3, -0.25) is 4.90 Å². The summed E-state index contributed by atoms with van der Waals surface area (Å²) in [6, 6.07) is 4.69. The van der Waals surface area contributed by atoms with E-state index >= 15 is 0 Å². The van der Waals surface area contributed by atoms with Crippen LogP contribution in [0.3, 0.4) is 0 Å². The van der Waals surface area contributed by atoms with E-state index in [1.807, 2.05) is 5.38 Å². The highest BCUT2D eigenvalue weighted by molar-refractivity contribution is 7.11. The number of nitrogens with zero attached hydrogens (tertiary/aromatic N) is 3. The molecule has 2 saturated heterocycles. The molecule has 2 aromatic rings. The number of halogens is 3. The van der Waals surface area contributed by atoms with Gasteiger partial charge in [-0.05, 0) is 49.9 Å². The van der Waals surface area contributed by atoms with Crippen molar-refractivity contribution in [1.29, 1.82) is 0 Å². The Bertz CT molecular complexity index is 845. The van der Waals surface area contributed by atoms with Crippen molar-refractivity contribution < 1.29 is 22.7 Å². The minimum absolute atomic E-state index is 0.206. The van der Waals surface area contributed by atoms with Crippen molar-refractivity contribution >= 4 is 23.1 Å². The van der Waals surface area contributed by atoms with E-state index in [1.165, 1.54) is 23.5 Å².